The van der Waals surface area contributed by atoms with Crippen LogP contribution in [0, 0.1) is 0 Å². The van der Waals surface area contributed by atoms with Crippen LogP contribution < -0.4 is 23.8 Å². The third-order valence-corrected chi connectivity index (χ3v) is 15.8. The second kappa shape index (κ2) is 20.1. The van der Waals surface area contributed by atoms with Crippen molar-refractivity contribution in [1.29, 1.82) is 0 Å². The number of hydrogen-bond acceptors (Lipinski definition) is 15. The minimum Gasteiger partial charge on any atom is -0.459 e. The van der Waals surface area contributed by atoms with Gasteiger partial charge in [0.05, 0.1) is 17.2 Å². The molecule has 2 aliphatic rings. The normalized spacial score (nSPS) is 17.0. The van der Waals surface area contributed by atoms with Crippen LogP contribution in [0.3, 0.4) is 0 Å². The van der Waals surface area contributed by atoms with E-state index in [4.69, 9.17) is 48.4 Å². The van der Waals surface area contributed by atoms with E-state index in [1.165, 1.54) is 65.2 Å². The summed E-state index contributed by atoms with van der Waals surface area (Å²) in [6.45, 7) is 11.9. The van der Waals surface area contributed by atoms with Gasteiger partial charge in [-0.15, -0.1) is 23.5 Å². The minimum absolute atomic E-state index is 0.00421. The minimum atomic E-state index is -0.858. The molecule has 9 nitrogen and oxygen atoms in total. The molecule has 2 aliphatic heterocycles. The third-order valence-electron chi connectivity index (χ3n) is 10.3. The van der Waals surface area contributed by atoms with Crippen molar-refractivity contribution in [3.63, 3.8) is 0 Å². The van der Waals surface area contributed by atoms with E-state index in [-0.39, 0.29) is 22.8 Å². The van der Waals surface area contributed by atoms with Gasteiger partial charge in [0.1, 0.15) is 46.2 Å². The van der Waals surface area contributed by atoms with Gasteiger partial charge in [0.2, 0.25) is 5.72 Å². The average molecular weight is 921 g/mol. The van der Waals surface area contributed by atoms with E-state index in [1.807, 2.05) is 43.6 Å². The van der Waals surface area contributed by atoms with E-state index in [2.05, 4.69) is 44.7 Å². The fourth-order valence-corrected chi connectivity index (χ4v) is 12.2. The highest BCUT2D eigenvalue weighted by Crippen LogP contribution is 2.54. The smallest absolute Gasteiger partial charge is 0.343 e. The SMILES string of the molecule is CCCCSC(=S)SC(C)C(=O)Oc1cc(OC(=O)C(C)SC(=S)SCCCC)cc(C(=O)Oc2ccc3ccc4c(c3c2)N=CC2(O4)N(C)c3ccccc3C2(C)C)c1. The van der Waals surface area contributed by atoms with Gasteiger partial charge in [-0.05, 0) is 99.4 Å². The summed E-state index contributed by atoms with van der Waals surface area (Å²) < 4.78 is 25.6. The van der Waals surface area contributed by atoms with Gasteiger partial charge in [0, 0.05) is 24.2 Å². The first kappa shape index (κ1) is 45.9. The zero-order valence-electron chi connectivity index (χ0n) is 34.6. The number of carbonyl (C=O) groups excluding carboxylic acids is 3. The van der Waals surface area contributed by atoms with Gasteiger partial charge in [-0.3, -0.25) is 14.6 Å². The molecular weight excluding hydrogens is 873 g/mol. The Balaban J connectivity index is 1.24. The highest BCUT2D eigenvalue weighted by Gasteiger charge is 2.58. The number of nitrogens with zero attached hydrogens (tertiary/aromatic N) is 2. The number of esters is 3. The Bertz CT molecular complexity index is 2270. The Labute approximate surface area is 379 Å². The number of rotatable bonds is 14. The molecule has 0 saturated heterocycles. The molecule has 3 unspecified atom stereocenters. The van der Waals surface area contributed by atoms with E-state index in [1.54, 1.807) is 26.0 Å². The number of fused-ring (bicyclic) bond motifs is 4. The molecule has 2 heterocycles. The summed E-state index contributed by atoms with van der Waals surface area (Å²) in [4.78, 5) is 47.6. The molecule has 4 aromatic rings. The highest BCUT2D eigenvalue weighted by atomic mass is 32.2. The number of aliphatic imine (C=N–C) groups is 1. The van der Waals surface area contributed by atoms with Crippen LogP contribution in [0.2, 0.25) is 0 Å². The summed E-state index contributed by atoms with van der Waals surface area (Å²) in [5.74, 6) is 0.711. The van der Waals surface area contributed by atoms with Crippen molar-refractivity contribution < 1.29 is 33.3 Å². The maximum absolute atomic E-state index is 13.9. The monoisotopic (exact) mass is 920 g/mol. The van der Waals surface area contributed by atoms with Gasteiger partial charge >= 0.3 is 17.9 Å². The molecule has 0 radical (unpaired) electrons. The molecule has 6 rings (SSSR count). The Morgan fingerprint density at radius 2 is 1.37 bits per heavy atom. The number of thiocarbonyl (C=S) groups is 2. The molecule has 0 saturated carbocycles. The van der Waals surface area contributed by atoms with Crippen molar-refractivity contribution in [1.82, 2.24) is 0 Å². The predicted octanol–water partition coefficient (Wildman–Crippen LogP) is 12.0. The molecule has 0 amide bonds. The number of carbonyl (C=O) groups is 3. The van der Waals surface area contributed by atoms with Crippen LogP contribution in [0.1, 0.15) is 83.1 Å². The molecule has 0 aromatic heterocycles. The van der Waals surface area contributed by atoms with E-state index in [0.717, 1.165) is 59.2 Å². The zero-order chi connectivity index (χ0) is 43.2. The number of para-hydroxylation sites is 1. The zero-order valence-corrected chi connectivity index (χ0v) is 39.5. The molecule has 0 aliphatic carbocycles. The number of ether oxygens (including phenoxy) is 4. The lowest BCUT2D eigenvalue weighted by Crippen LogP contribution is -2.61. The van der Waals surface area contributed by atoms with Crippen molar-refractivity contribution in [3.8, 4) is 23.0 Å². The fraction of sp³-hybridized carbons (Fsp3) is 0.378. The highest BCUT2D eigenvalue weighted by molar-refractivity contribution is 8.48. The van der Waals surface area contributed by atoms with Crippen molar-refractivity contribution >= 4 is 125 Å². The summed E-state index contributed by atoms with van der Waals surface area (Å²) >= 11 is 16.5. The Morgan fingerprint density at radius 3 is 1.95 bits per heavy atom. The number of unbranched alkanes of at least 4 members (excludes halogenated alkanes) is 2. The van der Waals surface area contributed by atoms with Crippen LogP contribution in [0.25, 0.3) is 10.8 Å². The van der Waals surface area contributed by atoms with Gasteiger partial charge in [0.25, 0.3) is 0 Å². The number of likely N-dealkylation sites (N-methyl/N-ethyl adjacent to an activating group) is 1. The molecule has 0 N–H and O–H groups in total. The molecule has 4 aromatic carbocycles. The Kier molecular flexibility index (Phi) is 15.4. The van der Waals surface area contributed by atoms with Gasteiger partial charge in [-0.1, -0.05) is 105 Å². The van der Waals surface area contributed by atoms with Crippen LogP contribution >= 0.6 is 71.5 Å². The third kappa shape index (κ3) is 10.2. The fourth-order valence-electron chi connectivity index (χ4n) is 6.84. The van der Waals surface area contributed by atoms with E-state index >= 15 is 0 Å². The summed E-state index contributed by atoms with van der Waals surface area (Å²) in [6.07, 6.45) is 5.99. The molecule has 60 heavy (non-hydrogen) atoms. The van der Waals surface area contributed by atoms with Crippen molar-refractivity contribution in [3.05, 3.63) is 83.9 Å². The lowest BCUT2D eigenvalue weighted by molar-refractivity contribution is -0.133. The van der Waals surface area contributed by atoms with Crippen LogP contribution in [0.4, 0.5) is 11.4 Å². The van der Waals surface area contributed by atoms with Gasteiger partial charge in [0.15, 0.2) is 0 Å². The second-order valence-electron chi connectivity index (χ2n) is 14.9. The topological polar surface area (TPSA) is 104 Å². The van der Waals surface area contributed by atoms with E-state index in [0.29, 0.717) is 18.5 Å². The Morgan fingerprint density at radius 1 is 0.783 bits per heavy atom. The summed E-state index contributed by atoms with van der Waals surface area (Å²) in [5.41, 5.74) is 1.58. The van der Waals surface area contributed by atoms with Crippen LogP contribution in [-0.2, 0) is 15.0 Å². The molecule has 0 fully saturated rings. The molecule has 0 bridgehead atoms. The maximum atomic E-state index is 13.9. The first-order valence-electron chi connectivity index (χ1n) is 19.8. The van der Waals surface area contributed by atoms with Crippen LogP contribution in [0.15, 0.2) is 77.8 Å². The molecule has 316 valence electrons. The van der Waals surface area contributed by atoms with Gasteiger partial charge < -0.3 is 23.8 Å². The molecule has 1 spiro atoms. The lowest BCUT2D eigenvalue weighted by Gasteiger charge is -2.45. The standard InChI is InChI=1S/C45H48N2O7S6/c1-8-10-20-57-42(55)59-27(3)39(48)52-32-22-30(23-33(24-32)53-40(49)28(4)60-43(56)58-21-11-9-2)41(50)51-31-18-16-29-17-19-37-38(34(29)25-31)46-26-45(54-37)44(5,6)35-14-12-13-15-36(35)47(45)7/h12-19,22-28H,8-11,20-21H2,1-7H3. The maximum Gasteiger partial charge on any atom is 0.343 e. The van der Waals surface area contributed by atoms with E-state index < -0.39 is 39.5 Å². The summed E-state index contributed by atoms with van der Waals surface area (Å²) in [5, 5.41) is 0.348. The van der Waals surface area contributed by atoms with Crippen LogP contribution in [0.5, 0.6) is 23.0 Å². The molecule has 3 atom stereocenters. The number of hydrogen-bond donors (Lipinski definition) is 0. The average Bonchev–Trinajstić information content (AvgIpc) is 3.37. The Hall–Kier alpha value is -3.60. The number of anilines is 1. The quantitative estimate of drug-likeness (QED) is 0.0519. The molecular formula is C45H48N2O7S6. The first-order valence-corrected chi connectivity index (χ1v) is 24.3. The summed E-state index contributed by atoms with van der Waals surface area (Å²) in [7, 11) is 2.01. The number of thioether (sulfide) groups is 4. The number of benzene rings is 4. The first-order chi connectivity index (χ1) is 28.7. The van der Waals surface area contributed by atoms with Crippen molar-refractivity contribution in [2.45, 2.75) is 88.9 Å². The van der Waals surface area contributed by atoms with Crippen molar-refractivity contribution in [2.24, 2.45) is 4.99 Å². The van der Waals surface area contributed by atoms with Crippen LogP contribution in [-0.4, -0.2) is 66.0 Å². The van der Waals surface area contributed by atoms with Gasteiger partial charge in [-0.2, -0.15) is 0 Å². The predicted molar refractivity (Wildman–Crippen MR) is 260 cm³/mol. The second-order valence-corrected chi connectivity index (χ2v) is 22.2. The largest absolute Gasteiger partial charge is 0.459 e. The lowest BCUT2D eigenvalue weighted by atomic mass is 9.77. The van der Waals surface area contributed by atoms with Crippen molar-refractivity contribution in [2.75, 3.05) is 23.5 Å². The van der Waals surface area contributed by atoms with E-state index in [9.17, 15) is 14.4 Å². The molecule has 15 heteroatoms. The summed E-state index contributed by atoms with van der Waals surface area (Å²) in [6, 6.07) is 21.6. The van der Waals surface area contributed by atoms with Gasteiger partial charge in [-0.25, -0.2) is 4.79 Å².